The van der Waals surface area contributed by atoms with E-state index in [0.717, 1.165) is 5.39 Å². The minimum absolute atomic E-state index is 0.714. The van der Waals surface area contributed by atoms with Crippen LogP contribution >= 0.6 is 0 Å². The van der Waals surface area contributed by atoms with Crippen molar-refractivity contribution in [3.05, 3.63) is 47.5 Å². The highest BCUT2D eigenvalue weighted by Gasteiger charge is 2.08. The summed E-state index contributed by atoms with van der Waals surface area (Å²) in [5, 5.41) is 11.4. The molecule has 0 N–H and O–H groups in total. The van der Waals surface area contributed by atoms with Gasteiger partial charge in [0.05, 0.1) is 11.6 Å². The van der Waals surface area contributed by atoms with Gasteiger partial charge in [-0.3, -0.25) is 0 Å². The molecule has 0 fully saturated rings. The highest BCUT2D eigenvalue weighted by Crippen LogP contribution is 2.29. The second kappa shape index (κ2) is 3.36. The summed E-state index contributed by atoms with van der Waals surface area (Å²) in [6.07, 6.45) is 0. The van der Waals surface area contributed by atoms with E-state index in [9.17, 15) is 0 Å². The Hall–Kier alpha value is -2.27. The van der Waals surface area contributed by atoms with E-state index >= 15 is 0 Å². The number of aromatic nitrogens is 1. The Bertz CT molecular complexity index is 773. The molecule has 1 heterocycles. The number of hydrogen-bond acceptors (Lipinski definition) is 1. The summed E-state index contributed by atoms with van der Waals surface area (Å²) in [5.41, 5.74) is 4.34. The van der Waals surface area contributed by atoms with Gasteiger partial charge in [0.2, 0.25) is 0 Å². The first kappa shape index (κ1) is 9.92. The average molecular weight is 220 g/mol. The molecule has 0 aliphatic rings. The Morgan fingerprint density at radius 1 is 1.00 bits per heavy atom. The molecule has 0 unspecified atom stereocenters. The summed E-state index contributed by atoms with van der Waals surface area (Å²) in [6, 6.07) is 14.5. The van der Waals surface area contributed by atoms with Crippen LogP contribution < -0.4 is 0 Å². The molecule has 0 bridgehead atoms. The van der Waals surface area contributed by atoms with Gasteiger partial charge in [0, 0.05) is 28.9 Å². The molecule has 2 aromatic carbocycles. The maximum absolute atomic E-state index is 8.97. The van der Waals surface area contributed by atoms with Crippen molar-refractivity contribution in [1.82, 2.24) is 4.57 Å². The zero-order valence-electron chi connectivity index (χ0n) is 9.86. The predicted octanol–water partition coefficient (Wildman–Crippen LogP) is 3.51. The van der Waals surface area contributed by atoms with Crippen molar-refractivity contribution in [2.24, 2.45) is 7.05 Å². The number of rotatable bonds is 0. The van der Waals surface area contributed by atoms with Crippen LogP contribution in [0.4, 0.5) is 0 Å². The SMILES string of the molecule is Cc1ccc2c(c1)c1cc(C#N)ccc1n2C. The quantitative estimate of drug-likeness (QED) is 0.570. The normalized spacial score (nSPS) is 10.9. The van der Waals surface area contributed by atoms with Gasteiger partial charge >= 0.3 is 0 Å². The minimum Gasteiger partial charge on any atom is -0.344 e. The van der Waals surface area contributed by atoms with Gasteiger partial charge in [-0.1, -0.05) is 11.6 Å². The van der Waals surface area contributed by atoms with Crippen LogP contribution in [-0.4, -0.2) is 4.57 Å². The van der Waals surface area contributed by atoms with Gasteiger partial charge in [0.25, 0.3) is 0 Å². The Morgan fingerprint density at radius 3 is 2.35 bits per heavy atom. The largest absolute Gasteiger partial charge is 0.344 e. The zero-order chi connectivity index (χ0) is 12.0. The predicted molar refractivity (Wildman–Crippen MR) is 69.9 cm³/mol. The number of benzene rings is 2. The Balaban J connectivity index is 2.57. The lowest BCUT2D eigenvalue weighted by Gasteiger charge is -1.97. The average Bonchev–Trinajstić information content (AvgIpc) is 2.62. The van der Waals surface area contributed by atoms with Gasteiger partial charge in [-0.05, 0) is 37.3 Å². The molecule has 3 aromatic rings. The number of aryl methyl sites for hydroxylation is 2. The fourth-order valence-electron chi connectivity index (χ4n) is 2.40. The molecule has 2 nitrogen and oxygen atoms in total. The number of nitrogens with zero attached hydrogens (tertiary/aromatic N) is 2. The summed E-state index contributed by atoms with van der Waals surface area (Å²) in [5.74, 6) is 0. The lowest BCUT2D eigenvalue weighted by molar-refractivity contribution is 1.01. The van der Waals surface area contributed by atoms with Crippen molar-refractivity contribution >= 4 is 21.8 Å². The third-order valence-corrected chi connectivity index (χ3v) is 3.29. The van der Waals surface area contributed by atoms with Crippen LogP contribution in [0.1, 0.15) is 11.1 Å². The molecular formula is C15H12N2. The molecule has 0 aliphatic carbocycles. The maximum Gasteiger partial charge on any atom is 0.0991 e. The van der Waals surface area contributed by atoms with Gasteiger partial charge in [-0.15, -0.1) is 0 Å². The third kappa shape index (κ3) is 1.33. The molecular weight excluding hydrogens is 208 g/mol. The second-order valence-corrected chi connectivity index (χ2v) is 4.42. The summed E-state index contributed by atoms with van der Waals surface area (Å²) in [7, 11) is 2.06. The van der Waals surface area contributed by atoms with E-state index in [4.69, 9.17) is 5.26 Å². The molecule has 2 heteroatoms. The van der Waals surface area contributed by atoms with Gasteiger partial charge in [-0.25, -0.2) is 0 Å². The van der Waals surface area contributed by atoms with Crippen LogP contribution in [0.2, 0.25) is 0 Å². The number of fused-ring (bicyclic) bond motifs is 3. The van der Waals surface area contributed by atoms with E-state index in [1.165, 1.54) is 22.0 Å². The Kier molecular flexibility index (Phi) is 1.96. The second-order valence-electron chi connectivity index (χ2n) is 4.42. The number of hydrogen-bond donors (Lipinski definition) is 0. The fourth-order valence-corrected chi connectivity index (χ4v) is 2.40. The van der Waals surface area contributed by atoms with Gasteiger partial charge < -0.3 is 4.57 Å². The summed E-state index contributed by atoms with van der Waals surface area (Å²) >= 11 is 0. The van der Waals surface area contributed by atoms with E-state index in [1.807, 2.05) is 18.2 Å². The lowest BCUT2D eigenvalue weighted by atomic mass is 10.1. The summed E-state index contributed by atoms with van der Waals surface area (Å²) in [4.78, 5) is 0. The fraction of sp³-hybridized carbons (Fsp3) is 0.133. The molecule has 0 saturated heterocycles. The Morgan fingerprint density at radius 2 is 1.65 bits per heavy atom. The molecule has 0 saturated carbocycles. The molecule has 82 valence electrons. The Labute approximate surface area is 99.7 Å². The topological polar surface area (TPSA) is 28.7 Å². The van der Waals surface area contributed by atoms with E-state index in [0.29, 0.717) is 5.56 Å². The van der Waals surface area contributed by atoms with E-state index in [2.05, 4.69) is 42.8 Å². The van der Waals surface area contributed by atoms with Gasteiger partial charge in [0.15, 0.2) is 0 Å². The smallest absolute Gasteiger partial charge is 0.0991 e. The summed E-state index contributed by atoms with van der Waals surface area (Å²) < 4.78 is 2.17. The van der Waals surface area contributed by atoms with Crippen LogP contribution in [0, 0.1) is 18.3 Å². The van der Waals surface area contributed by atoms with Crippen molar-refractivity contribution in [3.8, 4) is 6.07 Å². The van der Waals surface area contributed by atoms with E-state index in [-0.39, 0.29) is 0 Å². The van der Waals surface area contributed by atoms with E-state index in [1.54, 1.807) is 0 Å². The molecule has 0 spiro atoms. The first-order valence-electron chi connectivity index (χ1n) is 5.59. The molecule has 1 aromatic heterocycles. The zero-order valence-corrected chi connectivity index (χ0v) is 9.86. The first-order chi connectivity index (χ1) is 8.20. The minimum atomic E-state index is 0.714. The van der Waals surface area contributed by atoms with Crippen LogP contribution in [-0.2, 0) is 7.05 Å². The van der Waals surface area contributed by atoms with Gasteiger partial charge in [0.1, 0.15) is 0 Å². The van der Waals surface area contributed by atoms with Crippen LogP contribution in [0.15, 0.2) is 36.4 Å². The number of nitriles is 1. The molecule has 0 aliphatic heterocycles. The molecule has 3 rings (SSSR count). The van der Waals surface area contributed by atoms with Crippen LogP contribution in [0.3, 0.4) is 0 Å². The standard InChI is InChI=1S/C15H12N2/c1-10-3-5-14-12(7-10)13-8-11(9-16)4-6-15(13)17(14)2/h3-8H,1-2H3. The van der Waals surface area contributed by atoms with Gasteiger partial charge in [-0.2, -0.15) is 5.26 Å². The lowest BCUT2D eigenvalue weighted by Crippen LogP contribution is -1.86. The van der Waals surface area contributed by atoms with Crippen molar-refractivity contribution in [2.75, 3.05) is 0 Å². The molecule has 0 radical (unpaired) electrons. The van der Waals surface area contributed by atoms with Crippen molar-refractivity contribution in [3.63, 3.8) is 0 Å². The summed E-state index contributed by atoms with van der Waals surface area (Å²) in [6.45, 7) is 2.09. The van der Waals surface area contributed by atoms with Crippen molar-refractivity contribution in [1.29, 1.82) is 5.26 Å². The van der Waals surface area contributed by atoms with E-state index < -0.39 is 0 Å². The highest BCUT2D eigenvalue weighted by atomic mass is 14.9. The van der Waals surface area contributed by atoms with Crippen molar-refractivity contribution in [2.45, 2.75) is 6.92 Å². The third-order valence-electron chi connectivity index (χ3n) is 3.29. The molecule has 0 atom stereocenters. The highest BCUT2D eigenvalue weighted by molar-refractivity contribution is 6.08. The van der Waals surface area contributed by atoms with Crippen LogP contribution in [0.25, 0.3) is 21.8 Å². The molecule has 0 amide bonds. The monoisotopic (exact) mass is 220 g/mol. The molecule has 17 heavy (non-hydrogen) atoms. The van der Waals surface area contributed by atoms with Crippen molar-refractivity contribution < 1.29 is 0 Å². The van der Waals surface area contributed by atoms with Crippen LogP contribution in [0.5, 0.6) is 0 Å². The maximum atomic E-state index is 8.97. The first-order valence-corrected chi connectivity index (χ1v) is 5.59.